The van der Waals surface area contributed by atoms with E-state index in [0.717, 1.165) is 38.0 Å². The number of carbonyl (C=O) groups is 1. The minimum Gasteiger partial charge on any atom is -0.335 e. The summed E-state index contributed by atoms with van der Waals surface area (Å²) in [6.07, 6.45) is 6.21. The highest BCUT2D eigenvalue weighted by atomic mass is 35.5. The van der Waals surface area contributed by atoms with Crippen molar-refractivity contribution in [2.45, 2.75) is 31.3 Å². The van der Waals surface area contributed by atoms with Crippen LogP contribution in [0.15, 0.2) is 42.7 Å². The Labute approximate surface area is 154 Å². The van der Waals surface area contributed by atoms with Crippen molar-refractivity contribution in [1.29, 1.82) is 0 Å². The lowest BCUT2D eigenvalue weighted by molar-refractivity contribution is -0.136. The van der Waals surface area contributed by atoms with Crippen molar-refractivity contribution in [3.05, 3.63) is 53.9 Å². The molecule has 2 heterocycles. The topological polar surface area (TPSA) is 50.2 Å². The van der Waals surface area contributed by atoms with Crippen LogP contribution in [-0.4, -0.2) is 39.7 Å². The van der Waals surface area contributed by atoms with Crippen LogP contribution in [-0.2, 0) is 18.4 Å². The third kappa shape index (κ3) is 3.88. The maximum atomic E-state index is 13.3. The van der Waals surface area contributed by atoms with E-state index in [4.69, 9.17) is 0 Å². The largest absolute Gasteiger partial charge is 0.335 e. The molecule has 6 heteroatoms. The quantitative estimate of drug-likeness (QED) is 0.890. The predicted octanol–water partition coefficient (Wildman–Crippen LogP) is 2.34. The van der Waals surface area contributed by atoms with E-state index >= 15 is 0 Å². The summed E-state index contributed by atoms with van der Waals surface area (Å²) in [7, 11) is 1.93. The van der Waals surface area contributed by atoms with Gasteiger partial charge < -0.3 is 10.2 Å². The zero-order valence-corrected chi connectivity index (χ0v) is 15.3. The number of hydrogen-bond acceptors (Lipinski definition) is 3. The van der Waals surface area contributed by atoms with Crippen LogP contribution < -0.4 is 5.32 Å². The fourth-order valence-corrected chi connectivity index (χ4v) is 3.69. The molecule has 1 N–H and O–H groups in total. The Morgan fingerprint density at radius 3 is 2.68 bits per heavy atom. The third-order valence-electron chi connectivity index (χ3n) is 5.15. The second-order valence-corrected chi connectivity index (χ2v) is 7.00. The molecule has 0 radical (unpaired) electrons. The van der Waals surface area contributed by atoms with Gasteiger partial charge in [-0.3, -0.25) is 9.48 Å². The highest BCUT2D eigenvalue weighted by Gasteiger charge is 2.41. The molecule has 5 nitrogen and oxygen atoms in total. The molecule has 2 atom stereocenters. The average Bonchev–Trinajstić information content (AvgIpc) is 3.15. The van der Waals surface area contributed by atoms with E-state index in [-0.39, 0.29) is 24.2 Å². The van der Waals surface area contributed by atoms with E-state index in [1.165, 1.54) is 5.56 Å². The van der Waals surface area contributed by atoms with Crippen molar-refractivity contribution in [3.63, 3.8) is 0 Å². The van der Waals surface area contributed by atoms with E-state index in [1.54, 1.807) is 0 Å². The highest BCUT2D eigenvalue weighted by Crippen LogP contribution is 2.34. The number of nitrogens with zero attached hydrogens (tertiary/aromatic N) is 3. The van der Waals surface area contributed by atoms with E-state index in [0.29, 0.717) is 11.9 Å². The summed E-state index contributed by atoms with van der Waals surface area (Å²) in [6.45, 7) is 2.34. The number of rotatable bonds is 5. The number of carbonyl (C=O) groups excluding carboxylic acids is 1. The monoisotopic (exact) mass is 360 g/mol. The summed E-state index contributed by atoms with van der Waals surface area (Å²) in [6, 6.07) is 10.7. The van der Waals surface area contributed by atoms with Gasteiger partial charge in [-0.15, -0.1) is 12.4 Å². The van der Waals surface area contributed by atoms with Crippen LogP contribution in [0.1, 0.15) is 29.9 Å². The number of hydrogen-bond donors (Lipinski definition) is 1. The molecule has 1 aliphatic carbocycles. The van der Waals surface area contributed by atoms with Crippen LogP contribution in [0.5, 0.6) is 0 Å². The maximum absolute atomic E-state index is 13.3. The van der Waals surface area contributed by atoms with Gasteiger partial charge in [0.25, 0.3) is 0 Å². The fraction of sp³-hybridized carbons (Fsp3) is 0.474. The molecule has 2 aliphatic rings. The summed E-state index contributed by atoms with van der Waals surface area (Å²) in [5.74, 6) is 0.530. The van der Waals surface area contributed by atoms with Crippen LogP contribution in [0, 0.1) is 5.92 Å². The molecule has 0 bridgehead atoms. The first kappa shape index (κ1) is 18.0. The van der Waals surface area contributed by atoms with Gasteiger partial charge in [0.1, 0.15) is 0 Å². The molecule has 0 spiro atoms. The summed E-state index contributed by atoms with van der Waals surface area (Å²) in [4.78, 5) is 15.4. The van der Waals surface area contributed by atoms with Crippen molar-refractivity contribution < 1.29 is 4.79 Å². The molecular formula is C19H25ClN4O. The molecule has 1 aromatic heterocycles. The first-order valence-electron chi connectivity index (χ1n) is 8.76. The minimum atomic E-state index is 0. The molecule has 0 unspecified atom stereocenters. The summed E-state index contributed by atoms with van der Waals surface area (Å²) in [5, 5.41) is 7.68. The smallest absolute Gasteiger partial charge is 0.228 e. The molecule has 2 fully saturated rings. The van der Waals surface area contributed by atoms with E-state index in [1.807, 2.05) is 42.3 Å². The number of aryl methyl sites for hydroxylation is 1. The van der Waals surface area contributed by atoms with Gasteiger partial charge >= 0.3 is 0 Å². The molecule has 4 rings (SSSR count). The van der Waals surface area contributed by atoms with Gasteiger partial charge in [-0.1, -0.05) is 30.3 Å². The van der Waals surface area contributed by atoms with Crippen molar-refractivity contribution in [2.75, 3.05) is 13.1 Å². The lowest BCUT2D eigenvalue weighted by Gasteiger charge is -2.28. The highest BCUT2D eigenvalue weighted by molar-refractivity contribution is 5.85. The fourth-order valence-electron chi connectivity index (χ4n) is 3.69. The molecule has 2 aromatic rings. The normalized spacial score (nSPS) is 22.4. The number of amides is 1. The second-order valence-electron chi connectivity index (χ2n) is 7.00. The number of benzene rings is 1. The van der Waals surface area contributed by atoms with Crippen LogP contribution in [0.2, 0.25) is 0 Å². The summed E-state index contributed by atoms with van der Waals surface area (Å²) >= 11 is 0. The van der Waals surface area contributed by atoms with Crippen LogP contribution in [0.4, 0.5) is 0 Å². The van der Waals surface area contributed by atoms with E-state index in [9.17, 15) is 4.79 Å². The van der Waals surface area contributed by atoms with Gasteiger partial charge in [0.15, 0.2) is 0 Å². The van der Waals surface area contributed by atoms with Gasteiger partial charge in [0, 0.05) is 44.8 Å². The van der Waals surface area contributed by atoms with Gasteiger partial charge in [-0.2, -0.15) is 5.10 Å². The molecule has 1 saturated heterocycles. The van der Waals surface area contributed by atoms with Crippen molar-refractivity contribution in [3.8, 4) is 0 Å². The second kappa shape index (κ2) is 7.58. The van der Waals surface area contributed by atoms with Crippen molar-refractivity contribution >= 4 is 18.3 Å². The SMILES string of the molecule is Cl.Cn1cc([C@H]2CNC[C@@H]2C(=O)N(Cc2ccccc2)C2CC2)cn1. The Kier molecular flexibility index (Phi) is 5.45. The summed E-state index contributed by atoms with van der Waals surface area (Å²) < 4.78 is 1.82. The molecular weight excluding hydrogens is 336 g/mol. The standard InChI is InChI=1S/C19H24N4O.ClH/c1-22-13-15(9-21-22)17-10-20-11-18(17)19(24)23(16-7-8-16)12-14-5-3-2-4-6-14;/h2-6,9,13,16-18,20H,7-8,10-12H2,1H3;1H/t17-,18+;/m1./s1. The van der Waals surface area contributed by atoms with Gasteiger partial charge in [0.05, 0.1) is 12.1 Å². The lowest BCUT2D eigenvalue weighted by Crippen LogP contribution is -2.39. The van der Waals surface area contributed by atoms with Crippen LogP contribution in [0.25, 0.3) is 0 Å². The molecule has 1 amide bonds. The zero-order valence-electron chi connectivity index (χ0n) is 14.5. The molecule has 134 valence electrons. The van der Waals surface area contributed by atoms with Crippen LogP contribution >= 0.6 is 12.4 Å². The van der Waals surface area contributed by atoms with Gasteiger partial charge in [-0.25, -0.2) is 0 Å². The number of aromatic nitrogens is 2. The molecule has 1 aliphatic heterocycles. The molecule has 25 heavy (non-hydrogen) atoms. The average molecular weight is 361 g/mol. The Balaban J connectivity index is 0.00000182. The van der Waals surface area contributed by atoms with E-state index < -0.39 is 0 Å². The maximum Gasteiger partial charge on any atom is 0.228 e. The first-order valence-corrected chi connectivity index (χ1v) is 8.76. The zero-order chi connectivity index (χ0) is 16.5. The Hall–Kier alpha value is -1.85. The molecule has 1 saturated carbocycles. The predicted molar refractivity (Wildman–Crippen MR) is 99.6 cm³/mol. The van der Waals surface area contributed by atoms with Crippen LogP contribution in [0.3, 0.4) is 0 Å². The van der Waals surface area contributed by atoms with Gasteiger partial charge in [0.2, 0.25) is 5.91 Å². The van der Waals surface area contributed by atoms with Crippen molar-refractivity contribution in [2.24, 2.45) is 13.0 Å². The minimum absolute atomic E-state index is 0. The molecule has 1 aromatic carbocycles. The third-order valence-corrected chi connectivity index (χ3v) is 5.15. The van der Waals surface area contributed by atoms with Gasteiger partial charge in [-0.05, 0) is 24.0 Å². The Morgan fingerprint density at radius 2 is 2.04 bits per heavy atom. The van der Waals surface area contributed by atoms with Crippen molar-refractivity contribution in [1.82, 2.24) is 20.0 Å². The van der Waals surface area contributed by atoms with E-state index in [2.05, 4.69) is 27.4 Å². The Morgan fingerprint density at radius 1 is 1.28 bits per heavy atom. The number of nitrogens with one attached hydrogen (secondary N) is 1. The first-order chi connectivity index (χ1) is 11.7. The number of halogens is 1. The lowest BCUT2D eigenvalue weighted by atomic mass is 9.89. The summed E-state index contributed by atoms with van der Waals surface area (Å²) in [5.41, 5.74) is 2.37. The Bertz CT molecular complexity index is 713.